The van der Waals surface area contributed by atoms with Crippen LogP contribution in [0.2, 0.25) is 0 Å². The molecule has 2 N–H and O–H groups in total. The first-order valence-electron chi connectivity index (χ1n) is 5.73. The second-order valence-electron chi connectivity index (χ2n) is 5.18. The molecule has 1 aromatic carbocycles. The van der Waals surface area contributed by atoms with Crippen LogP contribution in [-0.4, -0.2) is 12.3 Å². The van der Waals surface area contributed by atoms with Crippen LogP contribution >= 0.6 is 0 Å². The number of carbonyl (C=O) groups is 1. The number of benzene rings is 1. The number of carbonyl (C=O) groups excluding carboxylic acids is 1. The van der Waals surface area contributed by atoms with Crippen LogP contribution in [0.5, 0.6) is 0 Å². The van der Waals surface area contributed by atoms with Crippen molar-refractivity contribution >= 4 is 5.78 Å². The van der Waals surface area contributed by atoms with Crippen molar-refractivity contribution < 1.29 is 4.79 Å². The molecule has 0 saturated carbocycles. The third-order valence-corrected chi connectivity index (χ3v) is 2.99. The van der Waals surface area contributed by atoms with Gasteiger partial charge >= 0.3 is 0 Å². The highest BCUT2D eigenvalue weighted by Gasteiger charge is 2.19. The van der Waals surface area contributed by atoms with Crippen molar-refractivity contribution in [2.24, 2.45) is 11.7 Å². The van der Waals surface area contributed by atoms with Gasteiger partial charge in [-0.3, -0.25) is 4.79 Å². The third kappa shape index (κ3) is 2.70. The molecule has 0 aliphatic rings. The highest BCUT2D eigenvalue weighted by atomic mass is 16.1. The van der Waals surface area contributed by atoms with Crippen molar-refractivity contribution in [3.8, 4) is 0 Å². The molecule has 0 aliphatic heterocycles. The van der Waals surface area contributed by atoms with Crippen LogP contribution in [0.25, 0.3) is 0 Å². The maximum Gasteiger partial charge on any atom is 0.165 e. The van der Waals surface area contributed by atoms with Crippen LogP contribution < -0.4 is 5.73 Å². The van der Waals surface area contributed by atoms with Crippen LogP contribution in [0, 0.1) is 5.92 Å². The van der Waals surface area contributed by atoms with Gasteiger partial charge in [0.25, 0.3) is 0 Å². The average Bonchev–Trinajstić information content (AvgIpc) is 2.28. The molecule has 1 rings (SSSR count). The van der Waals surface area contributed by atoms with Crippen LogP contribution in [0.15, 0.2) is 24.3 Å². The zero-order valence-corrected chi connectivity index (χ0v) is 10.6. The predicted octanol–water partition coefficient (Wildman–Crippen LogP) is 2.76. The minimum Gasteiger partial charge on any atom is -0.330 e. The number of rotatable bonds is 4. The Kier molecular flexibility index (Phi) is 3.87. The van der Waals surface area contributed by atoms with E-state index < -0.39 is 0 Å². The van der Waals surface area contributed by atoms with Gasteiger partial charge in [0, 0.05) is 23.4 Å². The lowest BCUT2D eigenvalue weighted by Crippen LogP contribution is -2.28. The lowest BCUT2D eigenvalue weighted by atomic mass is 9.84. The summed E-state index contributed by atoms with van der Waals surface area (Å²) in [5.41, 5.74) is 7.65. The van der Waals surface area contributed by atoms with Gasteiger partial charge in [-0.15, -0.1) is 0 Å². The first-order valence-corrected chi connectivity index (χ1v) is 5.73. The fourth-order valence-electron chi connectivity index (χ4n) is 1.54. The van der Waals surface area contributed by atoms with Crippen LogP contribution in [0.1, 0.15) is 43.6 Å². The molecule has 0 heterocycles. The number of nitrogens with two attached hydrogens (primary N) is 1. The summed E-state index contributed by atoms with van der Waals surface area (Å²) in [4.78, 5) is 11.8. The molecule has 0 bridgehead atoms. The Morgan fingerprint density at radius 1 is 1.25 bits per heavy atom. The molecule has 0 radical (unpaired) electrons. The molecule has 0 amide bonds. The molecule has 1 aromatic rings. The van der Waals surface area contributed by atoms with Crippen molar-refractivity contribution in [2.75, 3.05) is 6.54 Å². The van der Waals surface area contributed by atoms with Gasteiger partial charge in [0.05, 0.1) is 0 Å². The Bertz CT molecular complexity index is 363. The summed E-state index contributed by atoms with van der Waals surface area (Å²) >= 11 is 0. The molecule has 0 unspecified atom stereocenters. The second-order valence-corrected chi connectivity index (χ2v) is 5.18. The molecule has 0 saturated heterocycles. The van der Waals surface area contributed by atoms with Crippen LogP contribution in [0.4, 0.5) is 0 Å². The van der Waals surface area contributed by atoms with Crippen LogP contribution in [0.3, 0.4) is 0 Å². The quantitative estimate of drug-likeness (QED) is 0.791. The zero-order valence-electron chi connectivity index (χ0n) is 10.6. The predicted molar refractivity (Wildman–Crippen MR) is 67.7 cm³/mol. The molecule has 0 atom stereocenters. The van der Waals surface area contributed by atoms with E-state index in [2.05, 4.69) is 13.8 Å². The molecule has 0 aromatic heterocycles. The maximum atomic E-state index is 11.8. The standard InChI is InChI=1S/C14H21NO/c1-10(2)13(16)11-5-7-12(8-6-11)14(3,4)9-15/h5-8,10H,9,15H2,1-4H3. The summed E-state index contributed by atoms with van der Waals surface area (Å²) in [5, 5.41) is 0. The fraction of sp³-hybridized carbons (Fsp3) is 0.500. The first-order chi connectivity index (χ1) is 7.38. The van der Waals surface area contributed by atoms with Crippen molar-refractivity contribution in [1.29, 1.82) is 0 Å². The van der Waals surface area contributed by atoms with Gasteiger partial charge in [0.2, 0.25) is 0 Å². The number of hydrogen-bond acceptors (Lipinski definition) is 2. The van der Waals surface area contributed by atoms with Crippen molar-refractivity contribution in [3.63, 3.8) is 0 Å². The van der Waals surface area contributed by atoms with E-state index in [1.165, 1.54) is 5.56 Å². The summed E-state index contributed by atoms with van der Waals surface area (Å²) in [7, 11) is 0. The Morgan fingerprint density at radius 3 is 2.12 bits per heavy atom. The summed E-state index contributed by atoms with van der Waals surface area (Å²) in [6.07, 6.45) is 0. The molecule has 0 aliphatic carbocycles. The number of ketones is 1. The van der Waals surface area contributed by atoms with E-state index in [1.54, 1.807) is 0 Å². The molecule has 88 valence electrons. The van der Waals surface area contributed by atoms with Gasteiger partial charge in [-0.25, -0.2) is 0 Å². The van der Waals surface area contributed by atoms with Gasteiger partial charge in [-0.05, 0) is 5.56 Å². The maximum absolute atomic E-state index is 11.8. The van der Waals surface area contributed by atoms with Crippen molar-refractivity contribution in [3.05, 3.63) is 35.4 Å². The van der Waals surface area contributed by atoms with E-state index >= 15 is 0 Å². The Hall–Kier alpha value is -1.15. The highest BCUT2D eigenvalue weighted by molar-refractivity contribution is 5.97. The summed E-state index contributed by atoms with van der Waals surface area (Å²) in [5.74, 6) is 0.241. The van der Waals surface area contributed by atoms with E-state index in [0.29, 0.717) is 6.54 Å². The average molecular weight is 219 g/mol. The SMILES string of the molecule is CC(C)C(=O)c1ccc(C(C)(C)CN)cc1. The lowest BCUT2D eigenvalue weighted by Gasteiger charge is -2.23. The zero-order chi connectivity index (χ0) is 12.3. The summed E-state index contributed by atoms with van der Waals surface area (Å²) in [6.45, 7) is 8.64. The summed E-state index contributed by atoms with van der Waals surface area (Å²) < 4.78 is 0. The molecule has 0 spiro atoms. The molecule has 16 heavy (non-hydrogen) atoms. The van der Waals surface area contributed by atoms with E-state index in [0.717, 1.165) is 5.56 Å². The fourth-order valence-corrected chi connectivity index (χ4v) is 1.54. The van der Waals surface area contributed by atoms with Crippen molar-refractivity contribution in [1.82, 2.24) is 0 Å². The smallest absolute Gasteiger partial charge is 0.165 e. The molecular formula is C14H21NO. The number of hydrogen-bond donors (Lipinski definition) is 1. The Morgan fingerprint density at radius 2 is 1.75 bits per heavy atom. The van der Waals surface area contributed by atoms with Gasteiger partial charge < -0.3 is 5.73 Å². The molecule has 0 fully saturated rings. The Labute approximate surface area is 97.9 Å². The molecule has 2 heteroatoms. The van der Waals surface area contributed by atoms with E-state index in [4.69, 9.17) is 5.73 Å². The van der Waals surface area contributed by atoms with Crippen molar-refractivity contribution in [2.45, 2.75) is 33.1 Å². The normalized spacial score (nSPS) is 11.9. The first kappa shape index (κ1) is 12.9. The topological polar surface area (TPSA) is 43.1 Å². The molecule has 2 nitrogen and oxygen atoms in total. The monoisotopic (exact) mass is 219 g/mol. The van der Waals surface area contributed by atoms with Gasteiger partial charge in [-0.2, -0.15) is 0 Å². The van der Waals surface area contributed by atoms with Gasteiger partial charge in [0.15, 0.2) is 5.78 Å². The summed E-state index contributed by atoms with van der Waals surface area (Å²) in [6, 6.07) is 7.80. The van der Waals surface area contributed by atoms with E-state index in [-0.39, 0.29) is 17.1 Å². The Balaban J connectivity index is 2.96. The van der Waals surface area contributed by atoms with Gasteiger partial charge in [-0.1, -0.05) is 52.0 Å². The lowest BCUT2D eigenvalue weighted by molar-refractivity contribution is 0.0939. The van der Waals surface area contributed by atoms with Crippen LogP contribution in [-0.2, 0) is 5.41 Å². The minimum absolute atomic E-state index is 0.0284. The molecular weight excluding hydrogens is 198 g/mol. The largest absolute Gasteiger partial charge is 0.330 e. The van der Waals surface area contributed by atoms with E-state index in [1.807, 2.05) is 38.1 Å². The minimum atomic E-state index is -0.0284. The highest BCUT2D eigenvalue weighted by Crippen LogP contribution is 2.22. The number of Topliss-reactive ketones (excluding diaryl/α,β-unsaturated/α-hetero) is 1. The van der Waals surface area contributed by atoms with Gasteiger partial charge in [0.1, 0.15) is 0 Å². The third-order valence-electron chi connectivity index (χ3n) is 2.99. The van der Waals surface area contributed by atoms with E-state index in [9.17, 15) is 4.79 Å². The second kappa shape index (κ2) is 4.79.